The van der Waals surface area contributed by atoms with Crippen LogP contribution in [-0.2, 0) is 0 Å². The van der Waals surface area contributed by atoms with E-state index in [0.29, 0.717) is 18.2 Å². The second-order valence-corrected chi connectivity index (χ2v) is 7.77. The van der Waals surface area contributed by atoms with Crippen molar-refractivity contribution in [2.75, 3.05) is 5.33 Å². The SMILES string of the molecule is C=CCCCCC(F)(C(F)(F)F)C(F)(F)F.FC(F)(F)C(F)(CCCCCCBr)C(F)(F)F. The van der Waals surface area contributed by atoms with Crippen LogP contribution in [0.1, 0.15) is 57.8 Å². The van der Waals surface area contributed by atoms with E-state index in [-0.39, 0.29) is 19.3 Å². The molecule has 0 unspecified atom stereocenters. The predicted octanol–water partition coefficient (Wildman–Crippen LogP) is 9.73. The number of rotatable bonds is 11. The number of halogens is 15. The Morgan fingerprint density at radius 2 is 0.788 bits per heavy atom. The molecule has 0 radical (unpaired) electrons. The highest BCUT2D eigenvalue weighted by Gasteiger charge is 2.72. The van der Waals surface area contributed by atoms with E-state index in [9.17, 15) is 61.5 Å². The van der Waals surface area contributed by atoms with Crippen LogP contribution in [-0.4, -0.2) is 41.4 Å². The molecular weight excluding hydrogens is 562 g/mol. The number of alkyl halides is 15. The van der Waals surface area contributed by atoms with E-state index in [2.05, 4.69) is 22.5 Å². The Bertz CT molecular complexity index is 516. The van der Waals surface area contributed by atoms with Gasteiger partial charge in [0.1, 0.15) is 0 Å². The van der Waals surface area contributed by atoms with Crippen LogP contribution in [0.2, 0.25) is 0 Å². The van der Waals surface area contributed by atoms with Crippen LogP contribution in [0, 0.1) is 0 Å². The highest BCUT2D eigenvalue weighted by molar-refractivity contribution is 9.09. The highest BCUT2D eigenvalue weighted by atomic mass is 79.9. The molecule has 0 N–H and O–H groups in total. The molecule has 0 aromatic heterocycles. The predicted molar refractivity (Wildman–Crippen MR) is 97.4 cm³/mol. The quantitative estimate of drug-likeness (QED) is 0.0981. The minimum absolute atomic E-state index is 0.0430. The number of hydrogen-bond acceptors (Lipinski definition) is 0. The Hall–Kier alpha value is -0.760. The van der Waals surface area contributed by atoms with E-state index in [1.807, 2.05) is 0 Å². The van der Waals surface area contributed by atoms with Crippen LogP contribution >= 0.6 is 15.9 Å². The normalized spacial score (nSPS) is 14.0. The zero-order valence-corrected chi connectivity index (χ0v) is 18.6. The monoisotopic (exact) mass is 584 g/mol. The zero-order chi connectivity index (χ0) is 26.8. The lowest BCUT2D eigenvalue weighted by atomic mass is 9.96. The van der Waals surface area contributed by atoms with Crippen LogP contribution in [0.25, 0.3) is 0 Å². The average Bonchev–Trinajstić information content (AvgIpc) is 2.61. The van der Waals surface area contributed by atoms with Crippen LogP contribution < -0.4 is 0 Å². The summed E-state index contributed by atoms with van der Waals surface area (Å²) in [4.78, 5) is 0. The molecule has 0 atom stereocenters. The van der Waals surface area contributed by atoms with Gasteiger partial charge in [-0.2, -0.15) is 52.7 Å². The zero-order valence-electron chi connectivity index (χ0n) is 17.0. The van der Waals surface area contributed by atoms with Gasteiger partial charge in [-0.1, -0.05) is 34.8 Å². The summed E-state index contributed by atoms with van der Waals surface area (Å²) < 4.78 is 170. The van der Waals surface area contributed by atoms with Crippen molar-refractivity contribution in [1.82, 2.24) is 0 Å². The summed E-state index contributed by atoms with van der Waals surface area (Å²) in [5.74, 6) is 0. The van der Waals surface area contributed by atoms with Gasteiger partial charge in [0.2, 0.25) is 0 Å². The number of unbranched alkanes of at least 4 members (excludes halogenated alkanes) is 5. The van der Waals surface area contributed by atoms with Gasteiger partial charge in [-0.3, -0.25) is 0 Å². The van der Waals surface area contributed by atoms with Crippen molar-refractivity contribution in [2.45, 2.75) is 93.8 Å². The van der Waals surface area contributed by atoms with E-state index in [0.717, 1.165) is 0 Å². The Morgan fingerprint density at radius 3 is 1.06 bits per heavy atom. The molecule has 0 aliphatic carbocycles. The van der Waals surface area contributed by atoms with Crippen molar-refractivity contribution in [3.8, 4) is 0 Å². The van der Waals surface area contributed by atoms with Crippen LogP contribution in [0.3, 0.4) is 0 Å². The van der Waals surface area contributed by atoms with Gasteiger partial charge in [0.15, 0.2) is 0 Å². The van der Waals surface area contributed by atoms with E-state index >= 15 is 0 Å². The first-order valence-corrected chi connectivity index (χ1v) is 10.6. The second-order valence-electron chi connectivity index (χ2n) is 6.98. The lowest BCUT2D eigenvalue weighted by Crippen LogP contribution is -2.53. The van der Waals surface area contributed by atoms with E-state index in [4.69, 9.17) is 0 Å². The van der Waals surface area contributed by atoms with E-state index < -0.39 is 61.7 Å². The van der Waals surface area contributed by atoms with Crippen molar-refractivity contribution >= 4 is 15.9 Å². The minimum atomic E-state index is -5.93. The Labute approximate surface area is 189 Å². The smallest absolute Gasteiger partial charge is 0.224 e. The molecule has 0 rings (SSSR count). The molecule has 0 amide bonds. The van der Waals surface area contributed by atoms with E-state index in [1.54, 1.807) is 0 Å². The van der Waals surface area contributed by atoms with Gasteiger partial charge in [-0.05, 0) is 44.9 Å². The number of allylic oxidation sites excluding steroid dienone is 1. The molecule has 0 saturated heterocycles. The van der Waals surface area contributed by atoms with Crippen molar-refractivity contribution in [1.29, 1.82) is 0 Å². The molecule has 200 valence electrons. The lowest BCUT2D eigenvalue weighted by molar-refractivity contribution is -0.344. The molecule has 0 spiro atoms. The molecule has 33 heavy (non-hydrogen) atoms. The van der Waals surface area contributed by atoms with Gasteiger partial charge in [-0.15, -0.1) is 6.58 Å². The molecule has 0 aromatic rings. The minimum Gasteiger partial charge on any atom is -0.224 e. The first-order valence-electron chi connectivity index (χ1n) is 9.44. The molecule has 15 heteroatoms. The maximum Gasteiger partial charge on any atom is 0.431 e. The van der Waals surface area contributed by atoms with Gasteiger partial charge < -0.3 is 0 Å². The fourth-order valence-electron chi connectivity index (χ4n) is 2.36. The highest BCUT2D eigenvalue weighted by Crippen LogP contribution is 2.50. The third-order valence-electron chi connectivity index (χ3n) is 4.38. The van der Waals surface area contributed by atoms with Crippen molar-refractivity contribution in [2.24, 2.45) is 0 Å². The van der Waals surface area contributed by atoms with Crippen molar-refractivity contribution in [3.05, 3.63) is 12.7 Å². The fraction of sp³-hybridized carbons (Fsp3) is 0.889. The fourth-order valence-corrected chi connectivity index (χ4v) is 2.76. The van der Waals surface area contributed by atoms with Gasteiger partial charge in [0.25, 0.3) is 11.3 Å². The van der Waals surface area contributed by atoms with Crippen LogP contribution in [0.5, 0.6) is 0 Å². The summed E-state index contributed by atoms with van der Waals surface area (Å²) in [6.45, 7) is 3.25. The maximum absolute atomic E-state index is 13.1. The summed E-state index contributed by atoms with van der Waals surface area (Å²) in [7, 11) is 0. The average molecular weight is 585 g/mol. The first kappa shape index (κ1) is 34.4. The molecule has 0 nitrogen and oxygen atoms in total. The van der Waals surface area contributed by atoms with E-state index in [1.165, 1.54) is 6.08 Å². The molecule has 0 heterocycles. The van der Waals surface area contributed by atoms with Gasteiger partial charge in [-0.25, -0.2) is 8.78 Å². The topological polar surface area (TPSA) is 0 Å². The molecule has 0 aliphatic rings. The van der Waals surface area contributed by atoms with Crippen LogP contribution in [0.4, 0.5) is 61.5 Å². The van der Waals surface area contributed by atoms with Crippen molar-refractivity contribution in [3.63, 3.8) is 0 Å². The molecule has 0 saturated carbocycles. The van der Waals surface area contributed by atoms with Gasteiger partial charge in [0.05, 0.1) is 0 Å². The molecule has 0 aromatic carbocycles. The third kappa shape index (κ3) is 10.6. The van der Waals surface area contributed by atoms with Gasteiger partial charge in [0, 0.05) is 5.33 Å². The lowest BCUT2D eigenvalue weighted by Gasteiger charge is -2.29. The molecular formula is C18H23BrF14. The molecule has 0 aliphatic heterocycles. The Morgan fingerprint density at radius 1 is 0.485 bits per heavy atom. The van der Waals surface area contributed by atoms with Crippen LogP contribution in [0.15, 0.2) is 12.7 Å². The summed E-state index contributed by atoms with van der Waals surface area (Å²) in [5, 5.41) is 0.617. The number of hydrogen-bond donors (Lipinski definition) is 0. The van der Waals surface area contributed by atoms with Gasteiger partial charge >= 0.3 is 24.7 Å². The summed E-state index contributed by atoms with van der Waals surface area (Å²) in [6, 6.07) is 0. The largest absolute Gasteiger partial charge is 0.431 e. The second kappa shape index (κ2) is 13.4. The molecule has 0 bridgehead atoms. The summed E-state index contributed by atoms with van der Waals surface area (Å²) in [6.07, 6.45) is -24.9. The maximum atomic E-state index is 13.1. The summed E-state index contributed by atoms with van der Waals surface area (Å²) >= 11 is 3.07. The molecule has 0 fully saturated rings. The van der Waals surface area contributed by atoms with Crippen molar-refractivity contribution < 1.29 is 61.5 Å². The standard InChI is InChI=1S/C9H12BrF7.C9H11F7/c10-6-4-2-1-3-5-7(11,8(12,13)14)9(15,16)17;1-2-3-4-5-6-7(10,8(11,12)13)9(14,15)16/h1-6H2;2H,1,3-6H2. The Balaban J connectivity index is 0. The Kier molecular flexibility index (Phi) is 13.9. The summed E-state index contributed by atoms with van der Waals surface area (Å²) in [5.41, 5.74) is -10.2. The third-order valence-corrected chi connectivity index (χ3v) is 4.94. The first-order chi connectivity index (χ1) is 14.6.